The molecule has 0 fully saturated rings. The summed E-state index contributed by atoms with van der Waals surface area (Å²) in [5.74, 6) is -0.611. The fraction of sp³-hybridized carbons (Fsp3) is 0.222. The van der Waals surface area contributed by atoms with Crippen molar-refractivity contribution in [1.29, 1.82) is 0 Å². The zero-order valence-corrected chi connectivity index (χ0v) is 17.5. The molecule has 0 spiro atoms. The molecule has 0 aliphatic carbocycles. The van der Waals surface area contributed by atoms with Crippen LogP contribution in [0.25, 0.3) is 0 Å². The van der Waals surface area contributed by atoms with Gasteiger partial charge in [0.2, 0.25) is 0 Å². The van der Waals surface area contributed by atoms with Gasteiger partial charge in [0.1, 0.15) is 5.82 Å². The van der Waals surface area contributed by atoms with E-state index >= 15 is 0 Å². The number of hydrogen-bond acceptors (Lipinski definition) is 6. The molecular formula is C9H11BFK2NO5. The maximum absolute atomic E-state index is 12.9. The standard InChI is InChI=1S/C8H11BFNO2.CH2O3.2K/c1-11(2)6-3-4-8(10)7(5-6)9(12)13;2-1(3)4;;/h3-5,12-13H,1-2H3;(H2,2,3,4);;/q;;2*+1/p-2. The molecule has 0 radical (unpaired) electrons. The van der Waals surface area contributed by atoms with Gasteiger partial charge in [0, 0.05) is 25.2 Å². The average molecular weight is 321 g/mol. The molecular weight excluding hydrogens is 310 g/mol. The number of rotatable bonds is 2. The van der Waals surface area contributed by atoms with Crippen molar-refractivity contribution >= 4 is 24.4 Å². The summed E-state index contributed by atoms with van der Waals surface area (Å²) in [5, 5.41) is 34.3. The second kappa shape index (κ2) is 13.2. The van der Waals surface area contributed by atoms with Crippen LogP contribution in [0.15, 0.2) is 18.2 Å². The third kappa shape index (κ3) is 11.8. The van der Waals surface area contributed by atoms with E-state index in [1.165, 1.54) is 12.1 Å². The molecule has 0 aliphatic heterocycles. The minimum Gasteiger partial charge on any atom is -0.652 e. The molecule has 0 unspecified atom stereocenters. The van der Waals surface area contributed by atoms with Crippen LogP contribution in [0.4, 0.5) is 14.9 Å². The van der Waals surface area contributed by atoms with E-state index in [2.05, 4.69) is 0 Å². The molecule has 94 valence electrons. The molecule has 0 amide bonds. The molecule has 0 aliphatic rings. The Hall–Kier alpha value is 1.48. The predicted molar refractivity (Wildman–Crippen MR) is 55.9 cm³/mol. The molecule has 1 rings (SSSR count). The molecule has 0 saturated heterocycles. The van der Waals surface area contributed by atoms with E-state index in [-0.39, 0.29) is 108 Å². The SMILES string of the molecule is CN(C)c1ccc(F)c(B(O)O)c1.O=C([O-])[O-].[K+].[K+]. The summed E-state index contributed by atoms with van der Waals surface area (Å²) in [6, 6.07) is 4.19. The normalized spacial score (nSPS) is 8.05. The first-order valence-electron chi connectivity index (χ1n) is 4.46. The molecule has 19 heavy (non-hydrogen) atoms. The van der Waals surface area contributed by atoms with Crippen LogP contribution in [0.2, 0.25) is 0 Å². The Bertz CT molecular complexity index is 391. The third-order valence-corrected chi connectivity index (χ3v) is 1.77. The average Bonchev–Trinajstić information content (AvgIpc) is 2.16. The molecule has 0 aromatic heterocycles. The number of halogens is 1. The van der Waals surface area contributed by atoms with Crippen LogP contribution in [0.1, 0.15) is 0 Å². The van der Waals surface area contributed by atoms with Crippen LogP contribution in [0.3, 0.4) is 0 Å². The van der Waals surface area contributed by atoms with Gasteiger partial charge in [0.25, 0.3) is 0 Å². The summed E-state index contributed by atoms with van der Waals surface area (Å²) in [6.07, 6.45) is -2.33. The minimum atomic E-state index is -2.33. The van der Waals surface area contributed by atoms with Crippen molar-refractivity contribution < 1.29 is 132 Å². The third-order valence-electron chi connectivity index (χ3n) is 1.77. The van der Waals surface area contributed by atoms with Gasteiger partial charge in [-0.1, -0.05) is 0 Å². The van der Waals surface area contributed by atoms with Gasteiger partial charge < -0.3 is 30.0 Å². The number of carbonyl (C=O) groups excluding carboxylic acids is 1. The Morgan fingerprint density at radius 1 is 1.26 bits per heavy atom. The van der Waals surface area contributed by atoms with Gasteiger partial charge in [-0.2, -0.15) is 0 Å². The number of hydrogen-bond donors (Lipinski definition) is 2. The fourth-order valence-electron chi connectivity index (χ4n) is 1.01. The predicted octanol–water partition coefficient (Wildman–Crippen LogP) is -8.87. The second-order valence-corrected chi connectivity index (χ2v) is 3.22. The molecule has 0 saturated carbocycles. The van der Waals surface area contributed by atoms with Gasteiger partial charge in [0.15, 0.2) is 0 Å². The molecule has 1 aromatic carbocycles. The van der Waals surface area contributed by atoms with E-state index in [1.807, 2.05) is 0 Å². The fourth-order valence-corrected chi connectivity index (χ4v) is 1.01. The number of carboxylic acid groups (broad SMARTS) is 2. The molecule has 0 bridgehead atoms. The topological polar surface area (TPSA) is 107 Å². The van der Waals surface area contributed by atoms with Gasteiger partial charge in [-0.3, -0.25) is 0 Å². The number of nitrogens with zero attached hydrogens (tertiary/aromatic N) is 1. The van der Waals surface area contributed by atoms with Gasteiger partial charge in [-0.05, 0) is 24.4 Å². The van der Waals surface area contributed by atoms with Crippen molar-refractivity contribution in [1.82, 2.24) is 0 Å². The van der Waals surface area contributed by atoms with Gasteiger partial charge in [-0.15, -0.1) is 0 Å². The Labute approximate surface area is 196 Å². The van der Waals surface area contributed by atoms with E-state index < -0.39 is 19.1 Å². The van der Waals surface area contributed by atoms with Crippen molar-refractivity contribution in [3.05, 3.63) is 24.0 Å². The molecule has 10 heteroatoms. The van der Waals surface area contributed by atoms with Crippen molar-refractivity contribution in [3.63, 3.8) is 0 Å². The first-order chi connectivity index (χ1) is 7.75. The van der Waals surface area contributed by atoms with E-state index in [9.17, 15) is 4.39 Å². The molecule has 0 heterocycles. The summed E-state index contributed by atoms with van der Waals surface area (Å²) in [7, 11) is 1.82. The first kappa shape index (κ1) is 25.4. The summed E-state index contributed by atoms with van der Waals surface area (Å²) in [5.41, 5.74) is 0.621. The van der Waals surface area contributed by atoms with Gasteiger partial charge >= 0.3 is 110 Å². The Kier molecular flexibility index (Phi) is 17.6. The maximum atomic E-state index is 12.9. The summed E-state index contributed by atoms with van der Waals surface area (Å²) < 4.78 is 12.9. The van der Waals surface area contributed by atoms with Gasteiger partial charge in [-0.25, -0.2) is 4.39 Å². The van der Waals surface area contributed by atoms with Crippen LogP contribution in [0.5, 0.6) is 0 Å². The second-order valence-electron chi connectivity index (χ2n) is 3.22. The minimum absolute atomic E-state index is 0. The van der Waals surface area contributed by atoms with Crippen LogP contribution in [-0.2, 0) is 0 Å². The summed E-state index contributed by atoms with van der Waals surface area (Å²) in [6.45, 7) is 0. The van der Waals surface area contributed by atoms with E-state index in [1.54, 1.807) is 25.1 Å². The van der Waals surface area contributed by atoms with Crippen molar-refractivity contribution in [3.8, 4) is 0 Å². The van der Waals surface area contributed by atoms with Crippen molar-refractivity contribution in [2.24, 2.45) is 0 Å². The Balaban J connectivity index is -0.000000379. The zero-order chi connectivity index (χ0) is 13.6. The van der Waals surface area contributed by atoms with Gasteiger partial charge in [0.05, 0.1) is 0 Å². The number of benzene rings is 1. The Morgan fingerprint density at radius 2 is 1.68 bits per heavy atom. The number of anilines is 1. The largest absolute Gasteiger partial charge is 1.00 e. The first-order valence-corrected chi connectivity index (χ1v) is 4.46. The van der Waals surface area contributed by atoms with Crippen LogP contribution in [-0.4, -0.2) is 37.4 Å². The van der Waals surface area contributed by atoms with Crippen LogP contribution in [0, 0.1) is 5.82 Å². The molecule has 0 atom stereocenters. The smallest absolute Gasteiger partial charge is 0.652 e. The van der Waals surface area contributed by atoms with Crippen molar-refractivity contribution in [2.45, 2.75) is 0 Å². The quantitative estimate of drug-likeness (QED) is 0.524. The number of carbonyl (C=O) groups is 1. The van der Waals surface area contributed by atoms with E-state index in [0.29, 0.717) is 0 Å². The van der Waals surface area contributed by atoms with Crippen molar-refractivity contribution in [2.75, 3.05) is 19.0 Å². The summed E-state index contributed by atoms with van der Waals surface area (Å²) in [4.78, 5) is 10.1. The van der Waals surface area contributed by atoms with Crippen LogP contribution >= 0.6 is 0 Å². The molecule has 2 N–H and O–H groups in total. The summed E-state index contributed by atoms with van der Waals surface area (Å²) >= 11 is 0. The monoisotopic (exact) mass is 321 g/mol. The molecule has 6 nitrogen and oxygen atoms in total. The van der Waals surface area contributed by atoms with E-state index in [0.717, 1.165) is 5.69 Å². The van der Waals surface area contributed by atoms with E-state index in [4.69, 9.17) is 25.1 Å². The zero-order valence-electron chi connectivity index (χ0n) is 11.3. The molecule has 1 aromatic rings. The maximum Gasteiger partial charge on any atom is 1.00 e. The van der Waals surface area contributed by atoms with Crippen LogP contribution < -0.4 is 123 Å². The Morgan fingerprint density at radius 3 is 2.00 bits per heavy atom.